The first kappa shape index (κ1) is 25.6. The van der Waals surface area contributed by atoms with Crippen LogP contribution in [0.5, 0.6) is 5.75 Å². The number of pyridine rings is 2. The van der Waals surface area contributed by atoms with Crippen molar-refractivity contribution >= 4 is 16.8 Å². The number of aliphatic hydroxyl groups excluding tert-OH is 2. The molecule has 196 valence electrons. The number of rotatable bonds is 8. The molecular weight excluding hydrogens is 489 g/mol. The van der Waals surface area contributed by atoms with Gasteiger partial charge in [0.2, 0.25) is 0 Å². The summed E-state index contributed by atoms with van der Waals surface area (Å²) in [6.07, 6.45) is 1.82. The molecule has 1 aliphatic rings. The number of nitriles is 1. The van der Waals surface area contributed by atoms with Crippen LogP contribution < -0.4 is 9.64 Å². The number of furan rings is 1. The van der Waals surface area contributed by atoms with E-state index in [1.54, 1.807) is 42.5 Å². The molecule has 0 spiro atoms. The summed E-state index contributed by atoms with van der Waals surface area (Å²) in [7, 11) is 3.21. The molecule has 1 aromatic carbocycles. The monoisotopic (exact) mass is 517 g/mol. The zero-order valence-corrected chi connectivity index (χ0v) is 21.1. The lowest BCUT2D eigenvalue weighted by Crippen LogP contribution is -2.27. The van der Waals surface area contributed by atoms with Crippen LogP contribution in [-0.4, -0.2) is 71.7 Å². The average molecular weight is 518 g/mol. The van der Waals surface area contributed by atoms with E-state index in [2.05, 4.69) is 16.0 Å². The average Bonchev–Trinajstić information content (AvgIpc) is 3.58. The van der Waals surface area contributed by atoms with Gasteiger partial charge in [-0.1, -0.05) is 6.07 Å². The highest BCUT2D eigenvalue weighted by atomic mass is 19.1. The largest absolute Gasteiger partial charge is 0.496 e. The summed E-state index contributed by atoms with van der Waals surface area (Å²) in [4.78, 5) is 12.3. The van der Waals surface area contributed by atoms with E-state index in [9.17, 15) is 14.8 Å². The molecule has 1 saturated heterocycles. The van der Waals surface area contributed by atoms with E-state index in [4.69, 9.17) is 14.3 Å². The lowest BCUT2D eigenvalue weighted by Gasteiger charge is -2.22. The molecule has 0 aliphatic carbocycles. The van der Waals surface area contributed by atoms with E-state index in [0.29, 0.717) is 58.9 Å². The third-order valence-corrected chi connectivity index (χ3v) is 6.82. The zero-order valence-electron chi connectivity index (χ0n) is 21.1. The summed E-state index contributed by atoms with van der Waals surface area (Å²) in [5.74, 6) is 0.942. The van der Waals surface area contributed by atoms with E-state index in [-0.39, 0.29) is 13.2 Å². The normalized spacial score (nSPS) is 16.2. The molecule has 0 radical (unpaired) electrons. The molecule has 0 saturated carbocycles. The Hall–Kier alpha value is -4.04. The highest BCUT2D eigenvalue weighted by molar-refractivity contribution is 5.93. The van der Waals surface area contributed by atoms with Crippen LogP contribution in [0.3, 0.4) is 0 Å². The number of aromatic nitrogens is 2. The summed E-state index contributed by atoms with van der Waals surface area (Å²) in [5.41, 5.74) is 4.86. The van der Waals surface area contributed by atoms with E-state index in [1.165, 1.54) is 7.11 Å². The Balaban J connectivity index is 1.51. The Morgan fingerprint density at radius 2 is 2.11 bits per heavy atom. The van der Waals surface area contributed by atoms with Crippen LogP contribution in [0.2, 0.25) is 0 Å². The fourth-order valence-electron chi connectivity index (χ4n) is 4.76. The summed E-state index contributed by atoms with van der Waals surface area (Å²) in [6.45, 7) is 1.07. The Bertz CT molecular complexity index is 1500. The smallest absolute Gasteiger partial charge is 0.161 e. The molecule has 4 aromatic rings. The minimum Gasteiger partial charge on any atom is -0.496 e. The van der Waals surface area contributed by atoms with Crippen molar-refractivity contribution in [2.24, 2.45) is 0 Å². The molecule has 1 fully saturated rings. The molecular formula is C28H28FN5O4. The minimum absolute atomic E-state index is 0.0912. The number of aliphatic hydroxyl groups is 2. The van der Waals surface area contributed by atoms with E-state index >= 15 is 0 Å². The van der Waals surface area contributed by atoms with Gasteiger partial charge >= 0.3 is 0 Å². The van der Waals surface area contributed by atoms with Crippen LogP contribution in [-0.2, 0) is 0 Å². The van der Waals surface area contributed by atoms with Crippen LogP contribution in [0.25, 0.3) is 33.6 Å². The Kier molecular flexibility index (Phi) is 7.24. The topological polar surface area (TPSA) is 119 Å². The number of halogens is 1. The van der Waals surface area contributed by atoms with Gasteiger partial charge in [0.25, 0.3) is 0 Å². The van der Waals surface area contributed by atoms with Gasteiger partial charge in [-0.05, 0) is 37.2 Å². The zero-order chi connectivity index (χ0) is 26.8. The minimum atomic E-state index is -1.01. The fourth-order valence-corrected chi connectivity index (χ4v) is 4.76. The number of hydrogen-bond acceptors (Lipinski definition) is 9. The number of alkyl halides is 1. The van der Waals surface area contributed by atoms with Crippen LogP contribution in [0, 0.1) is 11.3 Å². The second-order valence-electron chi connectivity index (χ2n) is 9.25. The van der Waals surface area contributed by atoms with Gasteiger partial charge < -0.3 is 24.3 Å². The van der Waals surface area contributed by atoms with E-state index in [0.717, 1.165) is 16.8 Å². The summed E-state index contributed by atoms with van der Waals surface area (Å²) in [6, 6.07) is 13.0. The van der Waals surface area contributed by atoms with Gasteiger partial charge in [-0.3, -0.25) is 14.9 Å². The number of benzene rings is 1. The lowest BCUT2D eigenvalue weighted by molar-refractivity contribution is 0.00784. The van der Waals surface area contributed by atoms with Crippen molar-refractivity contribution in [3.05, 3.63) is 60.0 Å². The highest BCUT2D eigenvalue weighted by Crippen LogP contribution is 2.38. The van der Waals surface area contributed by atoms with Crippen molar-refractivity contribution in [3.8, 4) is 34.3 Å². The number of anilines is 1. The van der Waals surface area contributed by atoms with Crippen LogP contribution in [0.1, 0.15) is 23.9 Å². The van der Waals surface area contributed by atoms with Crippen LogP contribution in [0.4, 0.5) is 10.1 Å². The SMILES string of the molecule is COc1cc(C(O)N(C)CCO)ncc1-c1cc2nccc(-c3ccc(N4CCC(F)C4)c(C#N)c3)c2o1. The van der Waals surface area contributed by atoms with Crippen molar-refractivity contribution < 1.29 is 23.8 Å². The lowest BCUT2D eigenvalue weighted by atomic mass is 10.0. The van der Waals surface area contributed by atoms with Gasteiger partial charge in [-0.15, -0.1) is 0 Å². The fraction of sp³-hybridized carbons (Fsp3) is 0.321. The van der Waals surface area contributed by atoms with Crippen LogP contribution >= 0.6 is 0 Å². The molecule has 3 aromatic heterocycles. The third kappa shape index (κ3) is 4.79. The van der Waals surface area contributed by atoms with Gasteiger partial charge in [0, 0.05) is 49.7 Å². The van der Waals surface area contributed by atoms with E-state index < -0.39 is 12.4 Å². The molecule has 2 unspecified atom stereocenters. The molecule has 9 nitrogen and oxygen atoms in total. The van der Waals surface area contributed by atoms with Gasteiger partial charge in [0.05, 0.1) is 36.2 Å². The number of hydrogen-bond donors (Lipinski definition) is 2. The molecule has 38 heavy (non-hydrogen) atoms. The Morgan fingerprint density at radius 3 is 2.82 bits per heavy atom. The first-order valence-corrected chi connectivity index (χ1v) is 12.3. The van der Waals surface area contributed by atoms with Crippen molar-refractivity contribution in [3.63, 3.8) is 0 Å². The predicted octanol–water partition coefficient (Wildman–Crippen LogP) is 3.90. The first-order valence-electron chi connectivity index (χ1n) is 12.3. The predicted molar refractivity (Wildman–Crippen MR) is 140 cm³/mol. The summed E-state index contributed by atoms with van der Waals surface area (Å²) < 4.78 is 25.6. The van der Waals surface area contributed by atoms with E-state index in [1.807, 2.05) is 23.1 Å². The van der Waals surface area contributed by atoms with Crippen molar-refractivity contribution in [1.82, 2.24) is 14.9 Å². The Morgan fingerprint density at radius 1 is 1.26 bits per heavy atom. The number of nitrogens with zero attached hydrogens (tertiary/aromatic N) is 5. The quantitative estimate of drug-likeness (QED) is 0.335. The van der Waals surface area contributed by atoms with Gasteiger partial charge in [-0.2, -0.15) is 5.26 Å². The number of likely N-dealkylation sites (N-methyl/N-ethyl adjacent to an activating group) is 1. The van der Waals surface area contributed by atoms with Crippen molar-refractivity contribution in [1.29, 1.82) is 5.26 Å². The molecule has 0 amide bonds. The second-order valence-corrected chi connectivity index (χ2v) is 9.25. The molecule has 5 rings (SSSR count). The number of ether oxygens (including phenoxy) is 1. The first-order chi connectivity index (χ1) is 18.4. The molecule has 1 aliphatic heterocycles. The van der Waals surface area contributed by atoms with Crippen molar-refractivity contribution in [2.75, 3.05) is 45.3 Å². The summed E-state index contributed by atoms with van der Waals surface area (Å²) in [5, 5.41) is 29.5. The Labute approximate surface area is 219 Å². The van der Waals surface area contributed by atoms with Gasteiger partial charge in [0.15, 0.2) is 11.8 Å². The van der Waals surface area contributed by atoms with Crippen LogP contribution in [0.15, 0.2) is 53.2 Å². The van der Waals surface area contributed by atoms with Gasteiger partial charge in [-0.25, -0.2) is 4.39 Å². The van der Waals surface area contributed by atoms with Gasteiger partial charge in [0.1, 0.15) is 29.3 Å². The second kappa shape index (κ2) is 10.8. The standard InChI is InChI=1S/C28H28FN5O4/c1-33(9-10-35)28(36)23-13-25(37-2)21(15-32-23)26-12-22-27(38-26)20(5-7-31-22)17-3-4-24(18(11-17)14-30)34-8-6-19(29)16-34/h3-5,7,11-13,15,19,28,35-36H,6,8-10,16H2,1-2H3. The number of methoxy groups -OCH3 is 1. The molecule has 4 heterocycles. The maximum atomic E-state index is 13.8. The highest BCUT2D eigenvalue weighted by Gasteiger charge is 2.25. The molecule has 10 heteroatoms. The molecule has 2 atom stereocenters. The molecule has 0 bridgehead atoms. The molecule has 2 N–H and O–H groups in total. The summed E-state index contributed by atoms with van der Waals surface area (Å²) >= 11 is 0. The number of fused-ring (bicyclic) bond motifs is 1. The third-order valence-electron chi connectivity index (χ3n) is 6.82. The van der Waals surface area contributed by atoms with Crippen molar-refractivity contribution in [2.45, 2.75) is 18.8 Å². The maximum absolute atomic E-state index is 13.8. The maximum Gasteiger partial charge on any atom is 0.161 e.